The average Bonchev–Trinajstić information content (AvgIpc) is 2.83. The molecule has 0 aliphatic heterocycles. The molecule has 20 heavy (non-hydrogen) atoms. The summed E-state index contributed by atoms with van der Waals surface area (Å²) in [6.45, 7) is 7.16. The molecule has 1 unspecified atom stereocenters. The third-order valence-corrected chi connectivity index (χ3v) is 3.25. The van der Waals surface area contributed by atoms with Gasteiger partial charge in [-0.3, -0.25) is 14.9 Å². The van der Waals surface area contributed by atoms with Gasteiger partial charge in [-0.1, -0.05) is 6.92 Å². The van der Waals surface area contributed by atoms with Gasteiger partial charge in [0.05, 0.1) is 12.7 Å². The number of nitrogens with zero attached hydrogens (tertiary/aromatic N) is 2. The van der Waals surface area contributed by atoms with E-state index in [-0.39, 0.29) is 18.5 Å². The second-order valence-electron chi connectivity index (χ2n) is 5.15. The Bertz CT molecular complexity index is 484. The summed E-state index contributed by atoms with van der Waals surface area (Å²) in [5, 5.41) is 18.7. The highest BCUT2D eigenvalue weighted by molar-refractivity contribution is 5.92. The zero-order valence-corrected chi connectivity index (χ0v) is 12.3. The predicted molar refractivity (Wildman–Crippen MR) is 75.6 cm³/mol. The Kier molecular flexibility index (Phi) is 5.26. The highest BCUT2D eigenvalue weighted by atomic mass is 16.4. The molecule has 1 heterocycles. The molecule has 0 aliphatic carbocycles. The average molecular weight is 282 g/mol. The van der Waals surface area contributed by atoms with Gasteiger partial charge in [0.2, 0.25) is 5.91 Å². The molecule has 3 N–H and O–H groups in total. The van der Waals surface area contributed by atoms with Gasteiger partial charge >= 0.3 is 5.97 Å². The lowest BCUT2D eigenvalue weighted by Crippen LogP contribution is -2.51. The third kappa shape index (κ3) is 3.80. The molecule has 7 heteroatoms. The predicted octanol–water partition coefficient (Wildman–Crippen LogP) is 1.25. The SMILES string of the molecule is CCC(C)(NCC(=O)Nc1ccnn1C(C)C)C(=O)O. The molecule has 0 aromatic carbocycles. The van der Waals surface area contributed by atoms with Gasteiger partial charge < -0.3 is 10.4 Å². The Balaban J connectivity index is 2.60. The van der Waals surface area contributed by atoms with Crippen molar-refractivity contribution in [2.75, 3.05) is 11.9 Å². The molecule has 1 atom stereocenters. The van der Waals surface area contributed by atoms with Crippen LogP contribution in [0.4, 0.5) is 5.82 Å². The summed E-state index contributed by atoms with van der Waals surface area (Å²) >= 11 is 0. The van der Waals surface area contributed by atoms with Crippen molar-refractivity contribution in [3.8, 4) is 0 Å². The summed E-state index contributed by atoms with van der Waals surface area (Å²) in [5.41, 5.74) is -1.10. The van der Waals surface area contributed by atoms with Crippen LogP contribution in [0.3, 0.4) is 0 Å². The van der Waals surface area contributed by atoms with Crippen LogP contribution in [-0.2, 0) is 9.59 Å². The fourth-order valence-electron chi connectivity index (χ4n) is 1.64. The number of amides is 1. The molecule has 7 nitrogen and oxygen atoms in total. The van der Waals surface area contributed by atoms with Crippen molar-refractivity contribution in [1.29, 1.82) is 0 Å². The van der Waals surface area contributed by atoms with E-state index in [2.05, 4.69) is 15.7 Å². The third-order valence-electron chi connectivity index (χ3n) is 3.25. The number of nitrogens with one attached hydrogen (secondary N) is 2. The van der Waals surface area contributed by atoms with E-state index in [0.717, 1.165) is 0 Å². The Morgan fingerprint density at radius 1 is 1.50 bits per heavy atom. The van der Waals surface area contributed by atoms with Gasteiger partial charge in [-0.25, -0.2) is 4.68 Å². The fraction of sp³-hybridized carbons (Fsp3) is 0.615. The van der Waals surface area contributed by atoms with Crippen molar-refractivity contribution in [3.63, 3.8) is 0 Å². The van der Waals surface area contributed by atoms with Gasteiger partial charge in [-0.2, -0.15) is 5.10 Å². The summed E-state index contributed by atoms with van der Waals surface area (Å²) in [4.78, 5) is 23.0. The van der Waals surface area contributed by atoms with Gasteiger partial charge in [0.15, 0.2) is 0 Å². The van der Waals surface area contributed by atoms with Crippen LogP contribution in [0, 0.1) is 0 Å². The van der Waals surface area contributed by atoms with E-state index in [4.69, 9.17) is 5.11 Å². The largest absolute Gasteiger partial charge is 0.480 e. The van der Waals surface area contributed by atoms with Crippen LogP contribution in [0.1, 0.15) is 40.2 Å². The van der Waals surface area contributed by atoms with E-state index in [9.17, 15) is 9.59 Å². The molecule has 0 spiro atoms. The number of carboxylic acids is 1. The molecule has 0 bridgehead atoms. The summed E-state index contributed by atoms with van der Waals surface area (Å²) < 4.78 is 1.69. The quantitative estimate of drug-likeness (QED) is 0.699. The number of anilines is 1. The molecule has 0 saturated carbocycles. The maximum atomic E-state index is 11.9. The minimum absolute atomic E-state index is 0.0695. The number of hydrogen-bond acceptors (Lipinski definition) is 4. The molecule has 0 radical (unpaired) electrons. The van der Waals surface area contributed by atoms with Crippen LogP contribution < -0.4 is 10.6 Å². The van der Waals surface area contributed by atoms with Gasteiger partial charge in [-0.15, -0.1) is 0 Å². The van der Waals surface area contributed by atoms with Gasteiger partial charge in [-0.05, 0) is 27.2 Å². The first-order valence-corrected chi connectivity index (χ1v) is 6.62. The maximum Gasteiger partial charge on any atom is 0.323 e. The number of carbonyl (C=O) groups excluding carboxylic acids is 1. The standard InChI is InChI=1S/C13H22N4O3/c1-5-13(4,12(19)20)14-8-11(18)16-10-6-7-15-17(10)9(2)3/h6-7,9,14H,5,8H2,1-4H3,(H,16,18)(H,19,20). The van der Waals surface area contributed by atoms with Crippen molar-refractivity contribution in [2.24, 2.45) is 0 Å². The molecule has 0 saturated heterocycles. The first-order chi connectivity index (χ1) is 9.30. The van der Waals surface area contributed by atoms with E-state index in [1.54, 1.807) is 30.8 Å². The van der Waals surface area contributed by atoms with E-state index >= 15 is 0 Å². The van der Waals surface area contributed by atoms with Crippen LogP contribution in [-0.4, -0.2) is 38.8 Å². The number of aliphatic carboxylic acids is 1. The fourth-order valence-corrected chi connectivity index (χ4v) is 1.64. The van der Waals surface area contributed by atoms with Gasteiger partial charge in [0.1, 0.15) is 11.4 Å². The highest BCUT2D eigenvalue weighted by Crippen LogP contribution is 2.13. The van der Waals surface area contributed by atoms with E-state index in [1.165, 1.54) is 0 Å². The number of aromatic nitrogens is 2. The van der Waals surface area contributed by atoms with Crippen LogP contribution in [0.25, 0.3) is 0 Å². The number of hydrogen-bond donors (Lipinski definition) is 3. The van der Waals surface area contributed by atoms with E-state index < -0.39 is 11.5 Å². The topological polar surface area (TPSA) is 96.3 Å². The first-order valence-electron chi connectivity index (χ1n) is 6.62. The van der Waals surface area contributed by atoms with Crippen molar-refractivity contribution in [3.05, 3.63) is 12.3 Å². The Labute approximate surface area is 118 Å². The zero-order valence-electron chi connectivity index (χ0n) is 12.3. The van der Waals surface area contributed by atoms with Crippen LogP contribution in [0.5, 0.6) is 0 Å². The molecule has 1 aromatic heterocycles. The van der Waals surface area contributed by atoms with Crippen LogP contribution >= 0.6 is 0 Å². The lowest BCUT2D eigenvalue weighted by molar-refractivity contribution is -0.144. The van der Waals surface area contributed by atoms with E-state index in [1.807, 2.05) is 13.8 Å². The minimum Gasteiger partial charge on any atom is -0.480 e. The Morgan fingerprint density at radius 2 is 2.15 bits per heavy atom. The Hall–Kier alpha value is -1.89. The van der Waals surface area contributed by atoms with Crippen LogP contribution in [0.2, 0.25) is 0 Å². The normalized spacial score (nSPS) is 14.1. The van der Waals surface area contributed by atoms with Crippen molar-refractivity contribution >= 4 is 17.7 Å². The monoisotopic (exact) mass is 282 g/mol. The Morgan fingerprint density at radius 3 is 2.65 bits per heavy atom. The smallest absolute Gasteiger partial charge is 0.323 e. The molecule has 1 rings (SSSR count). The molecular weight excluding hydrogens is 260 g/mol. The molecule has 0 aliphatic rings. The van der Waals surface area contributed by atoms with Crippen molar-refractivity contribution in [1.82, 2.24) is 15.1 Å². The molecule has 1 aromatic rings. The lowest BCUT2D eigenvalue weighted by Gasteiger charge is -2.24. The summed E-state index contributed by atoms with van der Waals surface area (Å²) in [6.07, 6.45) is 2.00. The summed E-state index contributed by atoms with van der Waals surface area (Å²) in [7, 11) is 0. The highest BCUT2D eigenvalue weighted by Gasteiger charge is 2.30. The van der Waals surface area contributed by atoms with Crippen LogP contribution in [0.15, 0.2) is 12.3 Å². The van der Waals surface area contributed by atoms with Gasteiger partial charge in [0.25, 0.3) is 0 Å². The lowest BCUT2D eigenvalue weighted by atomic mass is 9.99. The number of rotatable bonds is 7. The maximum absolute atomic E-state index is 11.9. The van der Waals surface area contributed by atoms with Crippen molar-refractivity contribution < 1.29 is 14.7 Å². The summed E-state index contributed by atoms with van der Waals surface area (Å²) in [5.74, 6) is -0.673. The van der Waals surface area contributed by atoms with Gasteiger partial charge in [0, 0.05) is 12.1 Å². The second kappa shape index (κ2) is 6.51. The summed E-state index contributed by atoms with van der Waals surface area (Å²) in [6, 6.07) is 1.84. The molecule has 112 valence electrons. The first kappa shape index (κ1) is 16.2. The van der Waals surface area contributed by atoms with Crippen molar-refractivity contribution in [2.45, 2.75) is 45.7 Å². The molecule has 1 amide bonds. The molecular formula is C13H22N4O3. The number of carbonyl (C=O) groups is 2. The molecule has 0 fully saturated rings. The second-order valence-corrected chi connectivity index (χ2v) is 5.15. The number of carboxylic acid groups (broad SMARTS) is 1. The van der Waals surface area contributed by atoms with E-state index in [0.29, 0.717) is 12.2 Å². The zero-order chi connectivity index (χ0) is 15.3. The minimum atomic E-state index is -1.10.